The molecule has 0 aromatic heterocycles. The quantitative estimate of drug-likeness (QED) is 0.814. The average Bonchev–Trinajstić information content (AvgIpc) is 2.76. The molecule has 0 N–H and O–H groups in total. The van der Waals surface area contributed by atoms with Gasteiger partial charge in [-0.3, -0.25) is 4.79 Å². The minimum atomic E-state index is 0.0971. The van der Waals surface area contributed by atoms with Crippen LogP contribution in [-0.2, 0) is 6.54 Å². The minimum absolute atomic E-state index is 0.0971. The van der Waals surface area contributed by atoms with E-state index in [0.29, 0.717) is 6.54 Å². The third-order valence-electron chi connectivity index (χ3n) is 3.65. The summed E-state index contributed by atoms with van der Waals surface area (Å²) in [6, 6.07) is 16.2. The molecule has 1 unspecified atom stereocenters. The fraction of sp³-hybridized carbons (Fsp3) is 0.188. The molecule has 19 heavy (non-hydrogen) atoms. The van der Waals surface area contributed by atoms with Crippen molar-refractivity contribution in [1.82, 2.24) is 4.90 Å². The highest BCUT2D eigenvalue weighted by molar-refractivity contribution is 9.10. The number of amides is 1. The molecule has 2 aromatic carbocycles. The minimum Gasteiger partial charge on any atom is -0.328 e. The molecule has 3 heteroatoms. The second kappa shape index (κ2) is 4.82. The fourth-order valence-corrected chi connectivity index (χ4v) is 2.88. The van der Waals surface area contributed by atoms with Crippen molar-refractivity contribution >= 4 is 21.8 Å². The second-order valence-corrected chi connectivity index (χ2v) is 5.74. The number of fused-ring (bicyclic) bond motifs is 1. The molecular formula is C16H14BrNO. The summed E-state index contributed by atoms with van der Waals surface area (Å²) >= 11 is 3.42. The summed E-state index contributed by atoms with van der Waals surface area (Å²) in [4.78, 5) is 14.4. The van der Waals surface area contributed by atoms with Gasteiger partial charge >= 0.3 is 0 Å². The van der Waals surface area contributed by atoms with Crippen LogP contribution in [0.25, 0.3) is 0 Å². The molecule has 1 heterocycles. The topological polar surface area (TPSA) is 20.3 Å². The summed E-state index contributed by atoms with van der Waals surface area (Å²) in [5.74, 6) is 0.118. The zero-order valence-corrected chi connectivity index (χ0v) is 12.2. The maximum Gasteiger partial charge on any atom is 0.255 e. The van der Waals surface area contributed by atoms with Gasteiger partial charge in [-0.25, -0.2) is 0 Å². The Kier molecular flexibility index (Phi) is 3.15. The van der Waals surface area contributed by atoms with Gasteiger partial charge in [-0.05, 0) is 30.2 Å². The Morgan fingerprint density at radius 3 is 2.63 bits per heavy atom. The number of benzene rings is 2. The Balaban J connectivity index is 1.92. The fourth-order valence-electron chi connectivity index (χ4n) is 2.52. The standard InChI is InChI=1S/C16H14BrNO/c1-11(12-5-3-2-4-6-12)18-10-13-7-8-14(17)9-15(13)16(18)19/h2-9,11H,10H2,1H3. The van der Waals surface area contributed by atoms with Crippen LogP contribution in [0.15, 0.2) is 53.0 Å². The first kappa shape index (κ1) is 12.4. The zero-order valence-electron chi connectivity index (χ0n) is 10.6. The van der Waals surface area contributed by atoms with Crippen LogP contribution in [-0.4, -0.2) is 10.8 Å². The van der Waals surface area contributed by atoms with Crippen molar-refractivity contribution in [2.75, 3.05) is 0 Å². The summed E-state index contributed by atoms with van der Waals surface area (Å²) in [7, 11) is 0. The SMILES string of the molecule is CC(c1ccccc1)N1Cc2ccc(Br)cc2C1=O. The van der Waals surface area contributed by atoms with Gasteiger partial charge in [0.15, 0.2) is 0 Å². The number of nitrogens with zero attached hydrogens (tertiary/aromatic N) is 1. The predicted octanol–water partition coefficient (Wildman–Crippen LogP) is 4.17. The second-order valence-electron chi connectivity index (χ2n) is 4.82. The summed E-state index contributed by atoms with van der Waals surface area (Å²) in [6.45, 7) is 2.77. The Morgan fingerprint density at radius 1 is 1.16 bits per heavy atom. The molecule has 0 aliphatic carbocycles. The van der Waals surface area contributed by atoms with E-state index in [0.717, 1.165) is 15.6 Å². The van der Waals surface area contributed by atoms with Gasteiger partial charge in [0.05, 0.1) is 6.04 Å². The van der Waals surface area contributed by atoms with Crippen molar-refractivity contribution in [2.45, 2.75) is 19.5 Å². The van der Waals surface area contributed by atoms with E-state index in [-0.39, 0.29) is 11.9 Å². The van der Waals surface area contributed by atoms with Crippen molar-refractivity contribution in [3.63, 3.8) is 0 Å². The average molecular weight is 316 g/mol. The number of halogens is 1. The molecule has 1 aliphatic rings. The van der Waals surface area contributed by atoms with E-state index >= 15 is 0 Å². The number of hydrogen-bond acceptors (Lipinski definition) is 1. The van der Waals surface area contributed by atoms with E-state index < -0.39 is 0 Å². The van der Waals surface area contributed by atoms with Crippen molar-refractivity contribution in [2.24, 2.45) is 0 Å². The number of carbonyl (C=O) groups is 1. The summed E-state index contributed by atoms with van der Waals surface area (Å²) in [5.41, 5.74) is 3.09. The molecule has 1 atom stereocenters. The van der Waals surface area contributed by atoms with Gasteiger partial charge in [0, 0.05) is 16.6 Å². The lowest BCUT2D eigenvalue weighted by molar-refractivity contribution is 0.0716. The lowest BCUT2D eigenvalue weighted by Gasteiger charge is -2.24. The molecule has 0 radical (unpaired) electrons. The number of hydrogen-bond donors (Lipinski definition) is 0. The Labute approximate surface area is 121 Å². The highest BCUT2D eigenvalue weighted by Gasteiger charge is 2.31. The molecule has 1 amide bonds. The molecule has 1 aliphatic heterocycles. The number of carbonyl (C=O) groups excluding carboxylic acids is 1. The van der Waals surface area contributed by atoms with Crippen molar-refractivity contribution < 1.29 is 4.79 Å². The summed E-state index contributed by atoms with van der Waals surface area (Å²) < 4.78 is 0.953. The molecule has 0 spiro atoms. The van der Waals surface area contributed by atoms with Gasteiger partial charge in [0.1, 0.15) is 0 Å². The number of rotatable bonds is 2. The highest BCUT2D eigenvalue weighted by Crippen LogP contribution is 2.32. The molecular weight excluding hydrogens is 302 g/mol. The van der Waals surface area contributed by atoms with Gasteiger partial charge in [-0.2, -0.15) is 0 Å². The van der Waals surface area contributed by atoms with Crippen LogP contribution in [0.4, 0.5) is 0 Å². The van der Waals surface area contributed by atoms with Gasteiger partial charge in [-0.15, -0.1) is 0 Å². The molecule has 2 nitrogen and oxygen atoms in total. The zero-order chi connectivity index (χ0) is 13.4. The van der Waals surface area contributed by atoms with Crippen LogP contribution in [0.3, 0.4) is 0 Å². The van der Waals surface area contributed by atoms with Crippen LogP contribution in [0.1, 0.15) is 34.5 Å². The van der Waals surface area contributed by atoms with Gasteiger partial charge in [-0.1, -0.05) is 52.3 Å². The third kappa shape index (κ3) is 2.19. The predicted molar refractivity (Wildman–Crippen MR) is 78.9 cm³/mol. The first-order valence-corrected chi connectivity index (χ1v) is 7.10. The lowest BCUT2D eigenvalue weighted by atomic mass is 10.1. The molecule has 0 fully saturated rings. The van der Waals surface area contributed by atoms with Crippen LogP contribution in [0.5, 0.6) is 0 Å². The van der Waals surface area contributed by atoms with E-state index in [9.17, 15) is 4.79 Å². The van der Waals surface area contributed by atoms with Crippen LogP contribution >= 0.6 is 15.9 Å². The van der Waals surface area contributed by atoms with Crippen LogP contribution in [0.2, 0.25) is 0 Å². The van der Waals surface area contributed by atoms with Gasteiger partial charge in [0.2, 0.25) is 0 Å². The molecule has 2 aromatic rings. The Hall–Kier alpha value is -1.61. The maximum atomic E-state index is 12.5. The monoisotopic (exact) mass is 315 g/mol. The van der Waals surface area contributed by atoms with Crippen molar-refractivity contribution in [3.8, 4) is 0 Å². The van der Waals surface area contributed by atoms with Gasteiger partial charge in [0.25, 0.3) is 5.91 Å². The Morgan fingerprint density at radius 2 is 1.89 bits per heavy atom. The van der Waals surface area contributed by atoms with Crippen LogP contribution < -0.4 is 0 Å². The smallest absolute Gasteiger partial charge is 0.255 e. The Bertz CT molecular complexity index is 624. The molecule has 0 saturated heterocycles. The van der Waals surface area contributed by atoms with E-state index in [4.69, 9.17) is 0 Å². The van der Waals surface area contributed by atoms with Crippen molar-refractivity contribution in [3.05, 3.63) is 69.7 Å². The van der Waals surface area contributed by atoms with Crippen LogP contribution in [0, 0.1) is 0 Å². The molecule has 0 bridgehead atoms. The van der Waals surface area contributed by atoms with Gasteiger partial charge < -0.3 is 4.90 Å². The largest absolute Gasteiger partial charge is 0.328 e. The first-order valence-electron chi connectivity index (χ1n) is 6.31. The third-order valence-corrected chi connectivity index (χ3v) is 4.15. The summed E-state index contributed by atoms with van der Waals surface area (Å²) in [5, 5.41) is 0. The highest BCUT2D eigenvalue weighted by atomic mass is 79.9. The summed E-state index contributed by atoms with van der Waals surface area (Å²) in [6.07, 6.45) is 0. The molecule has 96 valence electrons. The van der Waals surface area contributed by atoms with E-state index in [1.807, 2.05) is 41.3 Å². The van der Waals surface area contributed by atoms with Crippen molar-refractivity contribution in [1.29, 1.82) is 0 Å². The molecule has 0 saturated carbocycles. The maximum absolute atomic E-state index is 12.5. The normalized spacial score (nSPS) is 15.5. The van der Waals surface area contributed by atoms with E-state index in [2.05, 4.69) is 35.0 Å². The van der Waals surface area contributed by atoms with E-state index in [1.165, 1.54) is 5.56 Å². The lowest BCUT2D eigenvalue weighted by Crippen LogP contribution is -2.27. The molecule has 3 rings (SSSR count). The first-order chi connectivity index (χ1) is 9.16. The van der Waals surface area contributed by atoms with E-state index in [1.54, 1.807) is 0 Å².